The summed E-state index contributed by atoms with van der Waals surface area (Å²) in [6.45, 7) is 3.76. The second kappa shape index (κ2) is 7.25. The van der Waals surface area contributed by atoms with Gasteiger partial charge in [0.25, 0.3) is 0 Å². The smallest absolute Gasteiger partial charge is 0.368 e. The van der Waals surface area contributed by atoms with E-state index in [0.717, 1.165) is 11.1 Å². The summed E-state index contributed by atoms with van der Waals surface area (Å²) in [6, 6.07) is 13.3. The summed E-state index contributed by atoms with van der Waals surface area (Å²) in [7, 11) is 1.30. The van der Waals surface area contributed by atoms with Crippen LogP contribution < -0.4 is 10.2 Å². The van der Waals surface area contributed by atoms with Gasteiger partial charge < -0.3 is 15.2 Å². The summed E-state index contributed by atoms with van der Waals surface area (Å²) in [5, 5.41) is 11.5. The van der Waals surface area contributed by atoms with Crippen LogP contribution in [0.5, 0.6) is 5.75 Å². The Kier molecular flexibility index (Phi) is 4.86. The molecule has 2 saturated heterocycles. The van der Waals surface area contributed by atoms with Gasteiger partial charge in [0.05, 0.1) is 12.8 Å². The Balaban J connectivity index is 1.84. The molecule has 0 radical (unpaired) electrons. The van der Waals surface area contributed by atoms with Gasteiger partial charge in [-0.1, -0.05) is 24.6 Å². The van der Waals surface area contributed by atoms with Crippen molar-refractivity contribution < 1.29 is 29.5 Å². The predicted octanol–water partition coefficient (Wildman–Crippen LogP) is 1.45. The van der Waals surface area contributed by atoms with Gasteiger partial charge in [-0.05, 0) is 43.3 Å². The van der Waals surface area contributed by atoms with E-state index < -0.39 is 29.4 Å². The van der Waals surface area contributed by atoms with Gasteiger partial charge >= 0.3 is 5.97 Å². The molecule has 156 valence electrons. The minimum Gasteiger partial charge on any atom is -0.508 e. The molecule has 2 aromatic carbocycles. The molecule has 2 heterocycles. The molecule has 0 saturated carbocycles. The summed E-state index contributed by atoms with van der Waals surface area (Å²) in [4.78, 5) is 41.2. The zero-order chi connectivity index (χ0) is 21.6. The van der Waals surface area contributed by atoms with E-state index >= 15 is 0 Å². The van der Waals surface area contributed by atoms with Crippen LogP contribution in [-0.2, 0) is 19.1 Å². The molecule has 0 spiro atoms. The number of nitrogens with two attached hydrogens (primary N) is 1. The molecule has 2 aliphatic rings. The topological polar surface area (TPSA) is 101 Å². The number of hydrogen-bond donors (Lipinski definition) is 2. The van der Waals surface area contributed by atoms with Crippen molar-refractivity contribution >= 4 is 23.5 Å². The number of hydrogen-bond acceptors (Lipinski definition) is 5. The lowest BCUT2D eigenvalue weighted by atomic mass is 9.78. The largest absolute Gasteiger partial charge is 0.508 e. The third-order valence-electron chi connectivity index (χ3n) is 6.49. The molecule has 0 aromatic heterocycles. The first-order chi connectivity index (χ1) is 14.3. The summed E-state index contributed by atoms with van der Waals surface area (Å²) in [5.74, 6) is -2.63. The van der Waals surface area contributed by atoms with Gasteiger partial charge in [-0.15, -0.1) is 0 Å². The SMILES string of the molecule is CC[C@]1(C(=O)OC)[NH2+][C@@H](c2ccc(O)cc2)[C@H]2C(=O)N(c3ccc(C)cc3)C(=O)[C@@H]21. The normalized spacial score (nSPS) is 28.0. The summed E-state index contributed by atoms with van der Waals surface area (Å²) in [6.07, 6.45) is 0.343. The fourth-order valence-electron chi connectivity index (χ4n) is 4.94. The van der Waals surface area contributed by atoms with E-state index in [1.807, 2.05) is 31.3 Å². The first kappa shape index (κ1) is 20.1. The molecule has 4 rings (SSSR count). The highest BCUT2D eigenvalue weighted by Gasteiger charge is 2.72. The van der Waals surface area contributed by atoms with Crippen LogP contribution in [0.3, 0.4) is 0 Å². The van der Waals surface area contributed by atoms with Crippen molar-refractivity contribution in [2.45, 2.75) is 31.8 Å². The fraction of sp³-hybridized carbons (Fsp3) is 0.348. The third-order valence-corrected chi connectivity index (χ3v) is 6.49. The van der Waals surface area contributed by atoms with E-state index in [2.05, 4.69) is 0 Å². The molecule has 2 aromatic rings. The maximum absolute atomic E-state index is 13.5. The van der Waals surface area contributed by atoms with E-state index in [1.165, 1.54) is 12.0 Å². The molecule has 7 nitrogen and oxygen atoms in total. The number of quaternary nitrogens is 1. The summed E-state index contributed by atoms with van der Waals surface area (Å²) >= 11 is 0. The number of amides is 2. The molecule has 7 heteroatoms. The number of aryl methyl sites for hydroxylation is 1. The van der Waals surface area contributed by atoms with E-state index in [0.29, 0.717) is 12.1 Å². The molecular weight excluding hydrogens is 384 g/mol. The number of imide groups is 1. The van der Waals surface area contributed by atoms with Gasteiger partial charge in [-0.2, -0.15) is 0 Å². The number of methoxy groups -OCH3 is 1. The number of carbonyl (C=O) groups excluding carboxylic acids is 3. The minimum atomic E-state index is -1.19. The maximum Gasteiger partial charge on any atom is 0.368 e. The highest BCUT2D eigenvalue weighted by atomic mass is 16.5. The Labute approximate surface area is 174 Å². The lowest BCUT2D eigenvalue weighted by Crippen LogP contribution is -2.98. The average Bonchev–Trinajstić information content (AvgIpc) is 3.23. The molecule has 0 aliphatic carbocycles. The van der Waals surface area contributed by atoms with Crippen molar-refractivity contribution in [3.05, 3.63) is 59.7 Å². The Morgan fingerprint density at radius 2 is 1.73 bits per heavy atom. The lowest BCUT2D eigenvalue weighted by molar-refractivity contribution is -0.734. The van der Waals surface area contributed by atoms with E-state index in [9.17, 15) is 19.5 Å². The number of carbonyl (C=O) groups is 3. The van der Waals surface area contributed by atoms with Gasteiger partial charge in [0.2, 0.25) is 17.4 Å². The molecule has 30 heavy (non-hydrogen) atoms. The van der Waals surface area contributed by atoms with Crippen LogP contribution >= 0.6 is 0 Å². The van der Waals surface area contributed by atoms with Crippen molar-refractivity contribution in [2.24, 2.45) is 11.8 Å². The van der Waals surface area contributed by atoms with Crippen molar-refractivity contribution in [1.29, 1.82) is 0 Å². The first-order valence-corrected chi connectivity index (χ1v) is 10.0. The zero-order valence-electron chi connectivity index (χ0n) is 17.2. The summed E-state index contributed by atoms with van der Waals surface area (Å²) < 4.78 is 5.09. The number of nitrogens with zero attached hydrogens (tertiary/aromatic N) is 1. The number of phenols is 1. The molecule has 0 unspecified atom stereocenters. The second-order valence-electron chi connectivity index (χ2n) is 8.02. The average molecular weight is 409 g/mol. The molecule has 2 amide bonds. The second-order valence-corrected chi connectivity index (χ2v) is 8.02. The summed E-state index contributed by atoms with van der Waals surface area (Å²) in [5.41, 5.74) is 1.11. The van der Waals surface area contributed by atoms with Gasteiger partial charge in [0, 0.05) is 12.0 Å². The molecule has 4 atom stereocenters. The molecular formula is C23H25N2O5+. The van der Waals surface area contributed by atoms with Crippen molar-refractivity contribution in [3.63, 3.8) is 0 Å². The number of rotatable bonds is 4. The molecule has 2 aliphatic heterocycles. The fourth-order valence-corrected chi connectivity index (χ4v) is 4.94. The molecule has 3 N–H and O–H groups in total. The standard InChI is InChI=1S/C23H24N2O5/c1-4-23(22(29)30-3)18-17(19(24-23)14-7-11-16(26)12-8-14)20(27)25(21(18)28)15-9-5-13(2)6-10-15/h5-12,17-19,24,26H,4H2,1-3H3/p+1/t17-,18+,19-,23-/m0/s1. The first-order valence-electron chi connectivity index (χ1n) is 10.0. The van der Waals surface area contributed by atoms with Gasteiger partial charge in [-0.3, -0.25) is 9.59 Å². The van der Waals surface area contributed by atoms with Crippen LogP contribution in [-0.4, -0.2) is 35.5 Å². The highest BCUT2D eigenvalue weighted by molar-refractivity contribution is 6.23. The van der Waals surface area contributed by atoms with Gasteiger partial charge in [-0.25, -0.2) is 9.69 Å². The number of fused-ring (bicyclic) bond motifs is 1. The number of phenolic OH excluding ortho intramolecular Hbond substituents is 1. The predicted molar refractivity (Wildman–Crippen MR) is 108 cm³/mol. The Bertz CT molecular complexity index is 1000. The Hall–Kier alpha value is -3.19. The number of anilines is 1. The van der Waals surface area contributed by atoms with Crippen LogP contribution in [0.25, 0.3) is 0 Å². The van der Waals surface area contributed by atoms with Crippen LogP contribution in [0, 0.1) is 18.8 Å². The Morgan fingerprint density at radius 3 is 2.30 bits per heavy atom. The van der Waals surface area contributed by atoms with Crippen molar-refractivity contribution in [2.75, 3.05) is 12.0 Å². The Morgan fingerprint density at radius 1 is 1.10 bits per heavy atom. The molecule has 2 fully saturated rings. The van der Waals surface area contributed by atoms with Crippen molar-refractivity contribution in [1.82, 2.24) is 0 Å². The highest BCUT2D eigenvalue weighted by Crippen LogP contribution is 2.47. The van der Waals surface area contributed by atoms with Crippen molar-refractivity contribution in [3.8, 4) is 5.75 Å². The number of ether oxygens (including phenoxy) is 1. The lowest BCUT2D eigenvalue weighted by Gasteiger charge is -2.28. The van der Waals surface area contributed by atoms with Gasteiger partial charge in [0.15, 0.2) is 0 Å². The van der Waals surface area contributed by atoms with Crippen LogP contribution in [0.15, 0.2) is 48.5 Å². The van der Waals surface area contributed by atoms with Gasteiger partial charge in [0.1, 0.15) is 23.6 Å². The quantitative estimate of drug-likeness (QED) is 0.588. The maximum atomic E-state index is 13.5. The van der Waals surface area contributed by atoms with E-state index in [-0.39, 0.29) is 17.6 Å². The number of benzene rings is 2. The minimum absolute atomic E-state index is 0.109. The van der Waals surface area contributed by atoms with E-state index in [1.54, 1.807) is 36.4 Å². The monoisotopic (exact) mass is 409 g/mol. The number of aromatic hydroxyl groups is 1. The van der Waals surface area contributed by atoms with Crippen LogP contribution in [0.2, 0.25) is 0 Å². The zero-order valence-corrected chi connectivity index (χ0v) is 17.2. The van der Waals surface area contributed by atoms with Crippen LogP contribution in [0.1, 0.15) is 30.5 Å². The molecule has 0 bridgehead atoms. The number of esters is 1. The van der Waals surface area contributed by atoms with E-state index in [4.69, 9.17) is 4.74 Å². The third kappa shape index (κ3) is 2.81. The van der Waals surface area contributed by atoms with Crippen LogP contribution in [0.4, 0.5) is 5.69 Å².